The summed E-state index contributed by atoms with van der Waals surface area (Å²) in [6.45, 7) is 5.44. The van der Waals surface area contributed by atoms with Gasteiger partial charge in [0.25, 0.3) is 10.0 Å². The summed E-state index contributed by atoms with van der Waals surface area (Å²) < 4.78 is 34.3. The lowest BCUT2D eigenvalue weighted by Crippen LogP contribution is -2.52. The van der Waals surface area contributed by atoms with Gasteiger partial charge in [-0.05, 0) is 62.6 Å². The van der Waals surface area contributed by atoms with E-state index in [-0.39, 0.29) is 23.0 Å². The molecule has 2 amide bonds. The van der Waals surface area contributed by atoms with E-state index in [4.69, 9.17) is 4.74 Å². The smallest absolute Gasteiger partial charge is 0.264 e. The fourth-order valence-electron chi connectivity index (χ4n) is 4.12. The lowest BCUT2D eigenvalue weighted by molar-refractivity contribution is -0.138. The summed E-state index contributed by atoms with van der Waals surface area (Å²) in [4.78, 5) is 28.1. The van der Waals surface area contributed by atoms with Gasteiger partial charge in [0, 0.05) is 13.1 Å². The van der Waals surface area contributed by atoms with Crippen molar-refractivity contribution in [3.8, 4) is 5.75 Å². The molecule has 0 aliphatic heterocycles. The van der Waals surface area contributed by atoms with Crippen LogP contribution in [0, 0.1) is 6.92 Å². The van der Waals surface area contributed by atoms with Crippen molar-refractivity contribution < 1.29 is 22.7 Å². The van der Waals surface area contributed by atoms with Crippen LogP contribution in [0.25, 0.3) is 0 Å². The van der Waals surface area contributed by atoms with Crippen LogP contribution in [0.4, 0.5) is 5.69 Å². The van der Waals surface area contributed by atoms with Crippen molar-refractivity contribution in [3.63, 3.8) is 0 Å². The molecule has 0 saturated heterocycles. The van der Waals surface area contributed by atoms with Gasteiger partial charge in [-0.3, -0.25) is 13.9 Å². The van der Waals surface area contributed by atoms with Gasteiger partial charge in [0.2, 0.25) is 11.8 Å². The highest BCUT2D eigenvalue weighted by molar-refractivity contribution is 7.92. The van der Waals surface area contributed by atoms with Crippen molar-refractivity contribution >= 4 is 27.5 Å². The molecule has 0 spiro atoms. The topological polar surface area (TPSA) is 96.0 Å². The molecule has 3 aromatic rings. The third-order valence-corrected chi connectivity index (χ3v) is 7.99. The maximum absolute atomic E-state index is 13.9. The van der Waals surface area contributed by atoms with Crippen molar-refractivity contribution in [2.75, 3.05) is 31.0 Å². The summed E-state index contributed by atoms with van der Waals surface area (Å²) in [5.74, 6) is -0.488. The van der Waals surface area contributed by atoms with Crippen molar-refractivity contribution in [1.29, 1.82) is 0 Å². The number of carbonyl (C=O) groups excluding carboxylic acids is 2. The Labute approximate surface area is 225 Å². The molecule has 0 radical (unpaired) electrons. The van der Waals surface area contributed by atoms with Gasteiger partial charge in [-0.2, -0.15) is 0 Å². The minimum atomic E-state index is -4.15. The molecule has 0 bridgehead atoms. The monoisotopic (exact) mass is 537 g/mol. The highest BCUT2D eigenvalue weighted by atomic mass is 32.2. The summed E-state index contributed by atoms with van der Waals surface area (Å²) in [7, 11) is -2.70. The van der Waals surface area contributed by atoms with Crippen LogP contribution in [-0.4, -0.2) is 57.9 Å². The zero-order valence-electron chi connectivity index (χ0n) is 22.3. The van der Waals surface area contributed by atoms with Crippen molar-refractivity contribution in [1.82, 2.24) is 10.2 Å². The van der Waals surface area contributed by atoms with Crippen LogP contribution < -0.4 is 14.4 Å². The van der Waals surface area contributed by atoms with Crippen LogP contribution in [0.15, 0.2) is 83.8 Å². The molecule has 0 aliphatic carbocycles. The van der Waals surface area contributed by atoms with Crippen LogP contribution in [0.2, 0.25) is 0 Å². The predicted octanol–water partition coefficient (Wildman–Crippen LogP) is 3.79. The molecule has 0 aromatic heterocycles. The second-order valence-electron chi connectivity index (χ2n) is 8.89. The van der Waals surface area contributed by atoms with Crippen LogP contribution in [0.1, 0.15) is 25.0 Å². The maximum atomic E-state index is 13.9. The average molecular weight is 538 g/mol. The fourth-order valence-corrected chi connectivity index (χ4v) is 5.56. The summed E-state index contributed by atoms with van der Waals surface area (Å²) in [5, 5.41) is 2.76. The van der Waals surface area contributed by atoms with Crippen molar-refractivity contribution in [2.45, 2.75) is 38.1 Å². The zero-order valence-corrected chi connectivity index (χ0v) is 23.1. The van der Waals surface area contributed by atoms with E-state index in [0.29, 0.717) is 18.7 Å². The molecule has 202 valence electrons. The number of amides is 2. The summed E-state index contributed by atoms with van der Waals surface area (Å²) in [6.07, 6.45) is 0.509. The van der Waals surface area contributed by atoms with Crippen LogP contribution in [-0.2, 0) is 26.0 Å². The van der Waals surface area contributed by atoms with Crippen molar-refractivity contribution in [3.05, 3.63) is 90.0 Å². The molecule has 3 rings (SSSR count). The third-order valence-electron chi connectivity index (χ3n) is 6.22. The Hall–Kier alpha value is -3.85. The van der Waals surface area contributed by atoms with Gasteiger partial charge < -0.3 is 15.0 Å². The first-order chi connectivity index (χ1) is 18.2. The van der Waals surface area contributed by atoms with Crippen LogP contribution >= 0.6 is 0 Å². The van der Waals surface area contributed by atoms with Crippen molar-refractivity contribution in [2.24, 2.45) is 0 Å². The number of benzene rings is 3. The van der Waals surface area contributed by atoms with E-state index in [1.54, 1.807) is 50.2 Å². The lowest BCUT2D eigenvalue weighted by atomic mass is 10.1. The van der Waals surface area contributed by atoms with Gasteiger partial charge in [0.1, 0.15) is 18.3 Å². The minimum absolute atomic E-state index is 0.0453. The quantitative estimate of drug-likeness (QED) is 0.379. The molecule has 0 unspecified atom stereocenters. The van der Waals surface area contributed by atoms with Gasteiger partial charge in [0.15, 0.2) is 0 Å². The number of sulfonamides is 1. The number of nitrogens with one attached hydrogen (secondary N) is 1. The predicted molar refractivity (Wildman–Crippen MR) is 149 cm³/mol. The molecule has 1 atom stereocenters. The molecule has 8 nitrogen and oxygen atoms in total. The standard InChI is InChI=1S/C29H35N3O5S/c1-5-30-29(34)23(3)31(19-18-24-12-8-6-9-13-24)28(33)21-32(26-20-22(2)16-17-27(26)37-4)38(35,36)25-14-10-7-11-15-25/h6-17,20,23H,5,18-19,21H2,1-4H3,(H,30,34)/t23-/m0/s1. The summed E-state index contributed by atoms with van der Waals surface area (Å²) >= 11 is 0. The number of carbonyl (C=O) groups is 2. The number of hydrogen-bond donors (Lipinski definition) is 1. The second kappa shape index (κ2) is 13.1. The highest BCUT2D eigenvalue weighted by Crippen LogP contribution is 2.33. The maximum Gasteiger partial charge on any atom is 0.264 e. The Bertz CT molecular complexity index is 1330. The number of ether oxygens (including phenoxy) is 1. The average Bonchev–Trinajstić information content (AvgIpc) is 2.92. The van der Waals surface area contributed by atoms with Gasteiger partial charge in [-0.25, -0.2) is 8.42 Å². The Morgan fingerprint density at radius 3 is 2.21 bits per heavy atom. The molecule has 38 heavy (non-hydrogen) atoms. The molecule has 0 fully saturated rings. The number of nitrogens with zero attached hydrogens (tertiary/aromatic N) is 2. The molecule has 3 aromatic carbocycles. The van der Waals surface area contributed by atoms with E-state index >= 15 is 0 Å². The molecule has 0 aliphatic rings. The summed E-state index contributed by atoms with van der Waals surface area (Å²) in [5.41, 5.74) is 2.05. The molecular weight excluding hydrogens is 502 g/mol. The first kappa shape index (κ1) is 28.7. The van der Waals surface area contributed by atoms with Crippen LogP contribution in [0.5, 0.6) is 5.75 Å². The molecule has 0 saturated carbocycles. The largest absolute Gasteiger partial charge is 0.495 e. The van der Waals surface area contributed by atoms with E-state index in [1.807, 2.05) is 37.3 Å². The number of hydrogen-bond acceptors (Lipinski definition) is 5. The number of aryl methyl sites for hydroxylation is 1. The van der Waals surface area contributed by atoms with Gasteiger partial charge in [-0.15, -0.1) is 0 Å². The van der Waals surface area contributed by atoms with Crippen LogP contribution in [0.3, 0.4) is 0 Å². The Kier molecular flexibility index (Phi) is 9.90. The fraction of sp³-hybridized carbons (Fsp3) is 0.310. The normalized spacial score (nSPS) is 11.9. The van der Waals surface area contributed by atoms with E-state index < -0.39 is 28.5 Å². The minimum Gasteiger partial charge on any atom is -0.495 e. The Morgan fingerprint density at radius 1 is 0.974 bits per heavy atom. The van der Waals surface area contributed by atoms with E-state index in [2.05, 4.69) is 5.32 Å². The van der Waals surface area contributed by atoms with Gasteiger partial charge in [0.05, 0.1) is 17.7 Å². The van der Waals surface area contributed by atoms with Gasteiger partial charge >= 0.3 is 0 Å². The molecular formula is C29H35N3O5S. The molecule has 9 heteroatoms. The lowest BCUT2D eigenvalue weighted by Gasteiger charge is -2.32. The first-order valence-corrected chi connectivity index (χ1v) is 14.0. The third kappa shape index (κ3) is 6.92. The van der Waals surface area contributed by atoms with E-state index in [0.717, 1.165) is 15.4 Å². The SMILES string of the molecule is CCNC(=O)[C@H](C)N(CCc1ccccc1)C(=O)CN(c1cc(C)ccc1OC)S(=O)(=O)c1ccccc1. The zero-order chi connectivity index (χ0) is 27.7. The number of anilines is 1. The van der Waals surface area contributed by atoms with Gasteiger partial charge in [-0.1, -0.05) is 54.6 Å². The number of rotatable bonds is 12. The number of likely N-dealkylation sites (N-methyl/N-ethyl adjacent to an activating group) is 1. The Balaban J connectivity index is 2.03. The molecule has 1 N–H and O–H groups in total. The Morgan fingerprint density at radius 2 is 1.61 bits per heavy atom. The summed E-state index contributed by atoms with van der Waals surface area (Å²) in [6, 6.07) is 21.9. The van der Waals surface area contributed by atoms with E-state index in [9.17, 15) is 18.0 Å². The molecule has 0 heterocycles. The highest BCUT2D eigenvalue weighted by Gasteiger charge is 2.33. The first-order valence-electron chi connectivity index (χ1n) is 12.5. The van der Waals surface area contributed by atoms with E-state index in [1.165, 1.54) is 24.1 Å². The second-order valence-corrected chi connectivity index (χ2v) is 10.8. The number of methoxy groups -OCH3 is 1.